The van der Waals surface area contributed by atoms with Crippen LogP contribution >= 0.6 is 11.8 Å². The molecule has 0 aromatic heterocycles. The maximum Gasteiger partial charge on any atom is 0.410 e. The molecule has 2 fully saturated rings. The number of nitrogens with zero attached hydrogens (tertiary/aromatic N) is 2. The summed E-state index contributed by atoms with van der Waals surface area (Å²) in [6.45, 7) is 11.4. The molecule has 2 rings (SSSR count). The maximum absolute atomic E-state index is 12.0. The van der Waals surface area contributed by atoms with Crippen LogP contribution in [0.25, 0.3) is 0 Å². The summed E-state index contributed by atoms with van der Waals surface area (Å²) < 4.78 is 5.42. The third-order valence-corrected chi connectivity index (χ3v) is 5.20. The predicted octanol–water partition coefficient (Wildman–Crippen LogP) is 2.02. The number of piperazine rings is 1. The molecule has 1 amide bonds. The van der Waals surface area contributed by atoms with Gasteiger partial charge in [-0.05, 0) is 52.5 Å². The lowest BCUT2D eigenvalue weighted by atomic mass is 10.2. The van der Waals surface area contributed by atoms with Gasteiger partial charge in [-0.3, -0.25) is 4.90 Å². The van der Waals surface area contributed by atoms with Crippen molar-refractivity contribution in [2.45, 2.75) is 45.3 Å². The molecule has 0 saturated carbocycles. The van der Waals surface area contributed by atoms with Crippen molar-refractivity contribution in [2.75, 3.05) is 50.8 Å². The first kappa shape index (κ1) is 17.9. The van der Waals surface area contributed by atoms with E-state index in [1.54, 1.807) is 0 Å². The Morgan fingerprint density at radius 2 is 2.00 bits per heavy atom. The standard InChI is InChI=1S/C16H31N3O2S/c1-16(2,3)21-15(20)19-10-8-18(9-11-19)7-4-6-17-14-5-12-22-13-14/h14,17H,4-13H2,1-3H3. The summed E-state index contributed by atoms with van der Waals surface area (Å²) in [6.07, 6.45) is 2.33. The van der Waals surface area contributed by atoms with Gasteiger partial charge in [0.1, 0.15) is 5.60 Å². The minimum absolute atomic E-state index is 0.174. The van der Waals surface area contributed by atoms with Crippen molar-refractivity contribution < 1.29 is 9.53 Å². The van der Waals surface area contributed by atoms with Crippen molar-refractivity contribution in [2.24, 2.45) is 0 Å². The Labute approximate surface area is 139 Å². The van der Waals surface area contributed by atoms with E-state index in [4.69, 9.17) is 4.74 Å². The topological polar surface area (TPSA) is 44.8 Å². The summed E-state index contributed by atoms with van der Waals surface area (Å²) in [7, 11) is 0. The molecule has 0 bridgehead atoms. The molecule has 2 aliphatic rings. The maximum atomic E-state index is 12.0. The Morgan fingerprint density at radius 1 is 1.27 bits per heavy atom. The molecule has 2 heterocycles. The van der Waals surface area contributed by atoms with Crippen LogP contribution < -0.4 is 5.32 Å². The number of nitrogens with one attached hydrogen (secondary N) is 1. The molecule has 2 aliphatic heterocycles. The summed E-state index contributed by atoms with van der Waals surface area (Å²) in [6, 6.07) is 0.731. The molecule has 22 heavy (non-hydrogen) atoms. The van der Waals surface area contributed by atoms with Gasteiger partial charge in [0.2, 0.25) is 0 Å². The first-order chi connectivity index (χ1) is 10.4. The van der Waals surface area contributed by atoms with E-state index in [-0.39, 0.29) is 6.09 Å². The van der Waals surface area contributed by atoms with Crippen molar-refractivity contribution in [3.8, 4) is 0 Å². The zero-order valence-corrected chi connectivity index (χ0v) is 15.1. The van der Waals surface area contributed by atoms with Crippen LogP contribution in [0.5, 0.6) is 0 Å². The van der Waals surface area contributed by atoms with E-state index < -0.39 is 5.60 Å². The number of hydrogen-bond donors (Lipinski definition) is 1. The lowest BCUT2D eigenvalue weighted by molar-refractivity contribution is 0.0144. The van der Waals surface area contributed by atoms with E-state index in [0.29, 0.717) is 0 Å². The van der Waals surface area contributed by atoms with Gasteiger partial charge in [0.15, 0.2) is 0 Å². The highest BCUT2D eigenvalue weighted by atomic mass is 32.2. The van der Waals surface area contributed by atoms with Crippen molar-refractivity contribution in [1.82, 2.24) is 15.1 Å². The smallest absolute Gasteiger partial charge is 0.410 e. The van der Waals surface area contributed by atoms with Crippen molar-refractivity contribution in [3.05, 3.63) is 0 Å². The van der Waals surface area contributed by atoms with Gasteiger partial charge in [-0.15, -0.1) is 0 Å². The molecule has 0 aliphatic carbocycles. The second-order valence-corrected chi connectivity index (χ2v) is 8.33. The van der Waals surface area contributed by atoms with Gasteiger partial charge in [0.05, 0.1) is 0 Å². The Bertz CT molecular complexity index is 346. The van der Waals surface area contributed by atoms with Gasteiger partial charge in [-0.1, -0.05) is 0 Å². The number of carbonyl (C=O) groups is 1. The molecule has 1 unspecified atom stereocenters. The molecule has 128 valence electrons. The zero-order chi connectivity index (χ0) is 16.0. The number of amides is 1. The van der Waals surface area contributed by atoms with Gasteiger partial charge in [-0.25, -0.2) is 4.79 Å². The highest BCUT2D eigenvalue weighted by Gasteiger charge is 2.25. The predicted molar refractivity (Wildman–Crippen MR) is 92.6 cm³/mol. The van der Waals surface area contributed by atoms with Crippen molar-refractivity contribution in [1.29, 1.82) is 0 Å². The van der Waals surface area contributed by atoms with Crippen LogP contribution in [0.3, 0.4) is 0 Å². The van der Waals surface area contributed by atoms with Crippen molar-refractivity contribution in [3.63, 3.8) is 0 Å². The molecule has 0 spiro atoms. The highest BCUT2D eigenvalue weighted by Crippen LogP contribution is 2.17. The van der Waals surface area contributed by atoms with Gasteiger partial charge >= 0.3 is 6.09 Å². The van der Waals surface area contributed by atoms with Crippen LogP contribution in [-0.2, 0) is 4.74 Å². The molecule has 5 nitrogen and oxygen atoms in total. The number of ether oxygens (including phenoxy) is 1. The lowest BCUT2D eigenvalue weighted by Gasteiger charge is -2.35. The van der Waals surface area contributed by atoms with Crippen LogP contribution in [-0.4, -0.2) is 78.3 Å². The third-order valence-electron chi connectivity index (χ3n) is 4.04. The number of carbonyl (C=O) groups excluding carboxylic acids is 1. The Morgan fingerprint density at radius 3 is 2.59 bits per heavy atom. The van der Waals surface area contributed by atoms with E-state index in [1.807, 2.05) is 25.7 Å². The first-order valence-electron chi connectivity index (χ1n) is 8.45. The fourth-order valence-corrected chi connectivity index (χ4v) is 3.97. The van der Waals surface area contributed by atoms with Crippen LogP contribution in [0.1, 0.15) is 33.6 Å². The van der Waals surface area contributed by atoms with Crippen LogP contribution in [0, 0.1) is 0 Å². The fraction of sp³-hybridized carbons (Fsp3) is 0.938. The average molecular weight is 330 g/mol. The summed E-state index contributed by atoms with van der Waals surface area (Å²) in [4.78, 5) is 16.3. The third kappa shape index (κ3) is 6.34. The van der Waals surface area contributed by atoms with Crippen LogP contribution in [0.15, 0.2) is 0 Å². The van der Waals surface area contributed by atoms with Crippen LogP contribution in [0.4, 0.5) is 4.79 Å². The zero-order valence-electron chi connectivity index (χ0n) is 14.3. The van der Waals surface area contributed by atoms with Gasteiger partial charge in [-0.2, -0.15) is 11.8 Å². The molecule has 0 radical (unpaired) electrons. The average Bonchev–Trinajstić information content (AvgIpc) is 2.95. The lowest BCUT2D eigenvalue weighted by Crippen LogP contribution is -2.50. The molecule has 2 saturated heterocycles. The number of thioether (sulfide) groups is 1. The second kappa shape index (κ2) is 8.41. The Kier molecular flexibility index (Phi) is 6.84. The Balaban J connectivity index is 1.55. The molecule has 1 atom stereocenters. The van der Waals surface area contributed by atoms with Gasteiger partial charge < -0.3 is 15.0 Å². The minimum atomic E-state index is -0.404. The summed E-state index contributed by atoms with van der Waals surface area (Å²) in [5.41, 5.74) is -0.404. The van der Waals surface area contributed by atoms with Crippen molar-refractivity contribution >= 4 is 17.9 Å². The number of hydrogen-bond acceptors (Lipinski definition) is 5. The summed E-state index contributed by atoms with van der Waals surface area (Å²) >= 11 is 2.05. The normalized spacial score (nSPS) is 23.8. The molecule has 0 aromatic carbocycles. The SMILES string of the molecule is CC(C)(C)OC(=O)N1CCN(CCCNC2CCSC2)CC1. The molecule has 6 heteroatoms. The number of rotatable bonds is 5. The monoisotopic (exact) mass is 329 g/mol. The highest BCUT2D eigenvalue weighted by molar-refractivity contribution is 7.99. The van der Waals surface area contributed by atoms with Gasteiger partial charge in [0, 0.05) is 38.0 Å². The minimum Gasteiger partial charge on any atom is -0.444 e. The summed E-state index contributed by atoms with van der Waals surface area (Å²) in [5, 5.41) is 3.64. The van der Waals surface area contributed by atoms with E-state index in [0.717, 1.165) is 45.3 Å². The summed E-state index contributed by atoms with van der Waals surface area (Å²) in [5.74, 6) is 2.58. The van der Waals surface area contributed by atoms with E-state index >= 15 is 0 Å². The molecular weight excluding hydrogens is 298 g/mol. The quantitative estimate of drug-likeness (QED) is 0.782. The largest absolute Gasteiger partial charge is 0.444 e. The second-order valence-electron chi connectivity index (χ2n) is 7.18. The van der Waals surface area contributed by atoms with E-state index in [9.17, 15) is 4.79 Å². The van der Waals surface area contributed by atoms with Crippen LogP contribution in [0.2, 0.25) is 0 Å². The molecule has 0 aromatic rings. The van der Waals surface area contributed by atoms with E-state index in [2.05, 4.69) is 22.0 Å². The molecular formula is C16H31N3O2S. The fourth-order valence-electron chi connectivity index (χ4n) is 2.78. The first-order valence-corrected chi connectivity index (χ1v) is 9.61. The molecule has 1 N–H and O–H groups in total. The van der Waals surface area contributed by atoms with Gasteiger partial charge in [0.25, 0.3) is 0 Å². The Hall–Kier alpha value is -0.460. The van der Waals surface area contributed by atoms with E-state index in [1.165, 1.54) is 24.3 Å².